The number of halogens is 3. The maximum atomic E-state index is 13.6. The fourth-order valence-corrected chi connectivity index (χ4v) is 2.46. The highest BCUT2D eigenvalue weighted by Gasteiger charge is 2.37. The lowest BCUT2D eigenvalue weighted by molar-refractivity contribution is -0.0712. The number of aryl methyl sites for hydroxylation is 2. The SMILES string of the molecule is Cc1cc([C@H](N)C(F)(F)CO)cc(C)c1OCc1ccccc1.Cl. The molecule has 0 heterocycles. The first-order valence-corrected chi connectivity index (χ1v) is 7.37. The van der Waals surface area contributed by atoms with Crippen molar-refractivity contribution in [2.45, 2.75) is 32.4 Å². The van der Waals surface area contributed by atoms with Crippen molar-refractivity contribution in [2.75, 3.05) is 6.61 Å². The molecule has 2 aromatic carbocycles. The molecule has 0 fully saturated rings. The highest BCUT2D eigenvalue weighted by atomic mass is 35.5. The van der Waals surface area contributed by atoms with E-state index in [2.05, 4.69) is 0 Å². The lowest BCUT2D eigenvalue weighted by Gasteiger charge is -2.23. The summed E-state index contributed by atoms with van der Waals surface area (Å²) in [5.41, 5.74) is 8.37. The van der Waals surface area contributed by atoms with Gasteiger partial charge in [-0.3, -0.25) is 0 Å². The van der Waals surface area contributed by atoms with Gasteiger partial charge >= 0.3 is 0 Å². The van der Waals surface area contributed by atoms with Gasteiger partial charge in [-0.05, 0) is 36.1 Å². The molecule has 0 aliphatic rings. The van der Waals surface area contributed by atoms with Gasteiger partial charge in [0.25, 0.3) is 5.92 Å². The van der Waals surface area contributed by atoms with Crippen LogP contribution in [0.15, 0.2) is 42.5 Å². The summed E-state index contributed by atoms with van der Waals surface area (Å²) in [5, 5.41) is 8.77. The number of rotatable bonds is 6. The Morgan fingerprint density at radius 1 is 1.12 bits per heavy atom. The number of hydrogen-bond donors (Lipinski definition) is 2. The summed E-state index contributed by atoms with van der Waals surface area (Å²) < 4.78 is 32.9. The molecule has 0 bridgehead atoms. The minimum Gasteiger partial charge on any atom is -0.488 e. The van der Waals surface area contributed by atoms with Crippen LogP contribution in [0.25, 0.3) is 0 Å². The second-order valence-corrected chi connectivity index (χ2v) is 5.65. The van der Waals surface area contributed by atoms with Gasteiger partial charge in [-0.25, -0.2) is 8.78 Å². The summed E-state index contributed by atoms with van der Waals surface area (Å²) in [4.78, 5) is 0. The highest BCUT2D eigenvalue weighted by molar-refractivity contribution is 5.85. The van der Waals surface area contributed by atoms with Gasteiger partial charge in [0.1, 0.15) is 19.0 Å². The standard InChI is InChI=1S/C18H21F2NO2.ClH/c1-12-8-15(17(21)18(19,20)11-22)9-13(2)16(12)23-10-14-6-4-3-5-7-14;/h3-9,17,22H,10-11,21H2,1-2H3;1H/t17-;/m0./s1. The first kappa shape index (κ1) is 20.4. The molecule has 0 saturated heterocycles. The van der Waals surface area contributed by atoms with E-state index in [0.717, 1.165) is 16.7 Å². The summed E-state index contributed by atoms with van der Waals surface area (Å²) in [6.45, 7) is 2.71. The first-order chi connectivity index (χ1) is 10.8. The maximum Gasteiger partial charge on any atom is 0.289 e. The van der Waals surface area contributed by atoms with Crippen LogP contribution in [0, 0.1) is 13.8 Å². The summed E-state index contributed by atoms with van der Waals surface area (Å²) in [6.07, 6.45) is 0. The molecule has 6 heteroatoms. The molecule has 0 aromatic heterocycles. The van der Waals surface area contributed by atoms with Crippen molar-refractivity contribution < 1.29 is 18.6 Å². The van der Waals surface area contributed by atoms with Crippen molar-refractivity contribution in [2.24, 2.45) is 5.73 Å². The Balaban J connectivity index is 0.00000288. The highest BCUT2D eigenvalue weighted by Crippen LogP contribution is 2.33. The Hall–Kier alpha value is -1.69. The van der Waals surface area contributed by atoms with E-state index >= 15 is 0 Å². The Labute approximate surface area is 146 Å². The summed E-state index contributed by atoms with van der Waals surface area (Å²) in [6, 6.07) is 11.3. The molecule has 3 nitrogen and oxygen atoms in total. The van der Waals surface area contributed by atoms with Crippen LogP contribution in [-0.2, 0) is 6.61 Å². The molecule has 1 atom stereocenters. The smallest absolute Gasteiger partial charge is 0.289 e. The lowest BCUT2D eigenvalue weighted by atomic mass is 9.97. The second kappa shape index (κ2) is 8.42. The molecule has 0 saturated carbocycles. The molecule has 0 spiro atoms. The van der Waals surface area contributed by atoms with Crippen molar-refractivity contribution in [1.82, 2.24) is 0 Å². The monoisotopic (exact) mass is 357 g/mol. The average Bonchev–Trinajstić information content (AvgIpc) is 2.54. The van der Waals surface area contributed by atoms with Crippen LogP contribution < -0.4 is 10.5 Å². The van der Waals surface area contributed by atoms with E-state index in [0.29, 0.717) is 12.4 Å². The zero-order valence-electron chi connectivity index (χ0n) is 13.6. The summed E-state index contributed by atoms with van der Waals surface area (Å²) >= 11 is 0. The number of hydrogen-bond acceptors (Lipinski definition) is 3. The number of ether oxygens (including phenoxy) is 1. The first-order valence-electron chi connectivity index (χ1n) is 7.37. The zero-order valence-corrected chi connectivity index (χ0v) is 14.4. The van der Waals surface area contributed by atoms with Gasteiger partial charge in [0.2, 0.25) is 0 Å². The van der Waals surface area contributed by atoms with Crippen molar-refractivity contribution in [3.05, 3.63) is 64.7 Å². The largest absolute Gasteiger partial charge is 0.488 e. The fraction of sp³-hybridized carbons (Fsp3) is 0.333. The number of alkyl halides is 2. The third-order valence-corrected chi connectivity index (χ3v) is 3.73. The molecule has 0 aliphatic heterocycles. The van der Waals surface area contributed by atoms with Gasteiger partial charge < -0.3 is 15.6 Å². The lowest BCUT2D eigenvalue weighted by Crippen LogP contribution is -2.36. The topological polar surface area (TPSA) is 55.5 Å². The molecular formula is C18H22ClF2NO2. The van der Waals surface area contributed by atoms with Gasteiger partial charge in [0, 0.05) is 0 Å². The molecule has 2 aromatic rings. The zero-order chi connectivity index (χ0) is 17.0. The summed E-state index contributed by atoms with van der Waals surface area (Å²) in [5.74, 6) is -2.69. The quantitative estimate of drug-likeness (QED) is 0.823. The fourth-order valence-electron chi connectivity index (χ4n) is 2.46. The van der Waals surface area contributed by atoms with Gasteiger partial charge in [0.05, 0.1) is 6.04 Å². The van der Waals surface area contributed by atoms with Crippen molar-refractivity contribution in [1.29, 1.82) is 0 Å². The number of nitrogens with two attached hydrogens (primary N) is 1. The number of aliphatic hydroxyl groups is 1. The predicted molar refractivity (Wildman–Crippen MR) is 92.9 cm³/mol. The van der Waals surface area contributed by atoms with E-state index in [1.807, 2.05) is 30.3 Å². The maximum absolute atomic E-state index is 13.6. The third kappa shape index (κ3) is 4.66. The molecule has 2 rings (SSSR count). The predicted octanol–water partition coefficient (Wildman–Crippen LogP) is 3.93. The minimum absolute atomic E-state index is 0. The van der Waals surface area contributed by atoms with E-state index in [9.17, 15) is 8.78 Å². The van der Waals surface area contributed by atoms with Crippen LogP contribution in [0.5, 0.6) is 5.75 Å². The van der Waals surface area contributed by atoms with E-state index in [4.69, 9.17) is 15.6 Å². The molecule has 3 N–H and O–H groups in total. The Morgan fingerprint density at radius 3 is 2.17 bits per heavy atom. The Bertz CT molecular complexity index is 642. The molecule has 132 valence electrons. The van der Waals surface area contributed by atoms with Crippen LogP contribution in [0.2, 0.25) is 0 Å². The van der Waals surface area contributed by atoms with Crippen LogP contribution >= 0.6 is 12.4 Å². The van der Waals surface area contributed by atoms with Gasteiger partial charge in [0.15, 0.2) is 0 Å². The molecule has 0 radical (unpaired) electrons. The number of benzene rings is 2. The normalized spacial score (nSPS) is 12.4. The van der Waals surface area contributed by atoms with Crippen molar-refractivity contribution in [3.63, 3.8) is 0 Å². The minimum atomic E-state index is -3.36. The molecule has 0 aliphatic carbocycles. The average molecular weight is 358 g/mol. The molecule has 0 amide bonds. The van der Waals surface area contributed by atoms with Crippen molar-refractivity contribution >= 4 is 12.4 Å². The van der Waals surface area contributed by atoms with E-state index < -0.39 is 18.6 Å². The van der Waals surface area contributed by atoms with Crippen LogP contribution in [0.3, 0.4) is 0 Å². The van der Waals surface area contributed by atoms with Gasteiger partial charge in [-0.2, -0.15) is 0 Å². The van der Waals surface area contributed by atoms with Crippen LogP contribution in [0.1, 0.15) is 28.3 Å². The molecule has 24 heavy (non-hydrogen) atoms. The van der Waals surface area contributed by atoms with Crippen LogP contribution in [-0.4, -0.2) is 17.6 Å². The molecular weight excluding hydrogens is 336 g/mol. The Morgan fingerprint density at radius 2 is 1.67 bits per heavy atom. The van der Waals surface area contributed by atoms with Crippen LogP contribution in [0.4, 0.5) is 8.78 Å². The van der Waals surface area contributed by atoms with Gasteiger partial charge in [-0.1, -0.05) is 42.5 Å². The van der Waals surface area contributed by atoms with E-state index in [1.165, 1.54) is 0 Å². The van der Waals surface area contributed by atoms with Gasteiger partial charge in [-0.15, -0.1) is 12.4 Å². The third-order valence-electron chi connectivity index (χ3n) is 3.73. The number of aliphatic hydroxyl groups excluding tert-OH is 1. The summed E-state index contributed by atoms with van der Waals surface area (Å²) in [7, 11) is 0. The molecule has 0 unspecified atom stereocenters. The van der Waals surface area contributed by atoms with Crippen molar-refractivity contribution in [3.8, 4) is 5.75 Å². The van der Waals surface area contributed by atoms with E-state index in [1.54, 1.807) is 26.0 Å². The van der Waals surface area contributed by atoms with E-state index in [-0.39, 0.29) is 18.0 Å². The second-order valence-electron chi connectivity index (χ2n) is 5.65. The Kier molecular flexibility index (Phi) is 7.14.